The highest BCUT2D eigenvalue weighted by Gasteiger charge is 2.20. The van der Waals surface area contributed by atoms with Gasteiger partial charge in [-0.05, 0) is 38.4 Å². The van der Waals surface area contributed by atoms with Crippen LogP contribution in [0.3, 0.4) is 0 Å². The minimum absolute atomic E-state index is 0.0516. The number of likely N-dealkylation sites (N-methyl/N-ethyl adjacent to an activating group) is 1. The van der Waals surface area contributed by atoms with Gasteiger partial charge in [0.25, 0.3) is 0 Å². The third-order valence-corrected chi connectivity index (χ3v) is 5.88. The Balaban J connectivity index is 1.76. The first-order chi connectivity index (χ1) is 18.3. The standard InChI is InChI=1S/C29H30N4O5/c1-33(2)17-21(34)16-30-23-13-11-20(15-25(23)37-3)31-27(18-8-6-5-7-9-18)26-22-12-10-19(29(36)38-4)14-24(22)32-28(26)35/h5-15,30,32,35H,16-17H2,1-4H3. The molecular weight excluding hydrogens is 484 g/mol. The normalized spacial score (nSPS) is 11.6. The van der Waals surface area contributed by atoms with Gasteiger partial charge in [0.2, 0.25) is 0 Å². The average Bonchev–Trinajstić information content (AvgIpc) is 3.24. The summed E-state index contributed by atoms with van der Waals surface area (Å²) in [5.41, 5.74) is 4.01. The van der Waals surface area contributed by atoms with Crippen LogP contribution >= 0.6 is 0 Å². The molecule has 0 saturated carbocycles. The van der Waals surface area contributed by atoms with Crippen molar-refractivity contribution >= 4 is 39.7 Å². The number of Topliss-reactive ketones (excluding diaryl/α,β-unsaturated/α-hetero) is 1. The van der Waals surface area contributed by atoms with Crippen LogP contribution in [0.25, 0.3) is 10.9 Å². The summed E-state index contributed by atoms with van der Waals surface area (Å²) in [7, 11) is 6.57. The van der Waals surface area contributed by atoms with Gasteiger partial charge >= 0.3 is 5.97 Å². The van der Waals surface area contributed by atoms with E-state index in [2.05, 4.69) is 10.3 Å². The summed E-state index contributed by atoms with van der Waals surface area (Å²) >= 11 is 0. The molecule has 38 heavy (non-hydrogen) atoms. The van der Waals surface area contributed by atoms with Crippen LogP contribution < -0.4 is 10.1 Å². The molecule has 1 heterocycles. The molecule has 0 aliphatic rings. The topological polar surface area (TPSA) is 116 Å². The van der Waals surface area contributed by atoms with Gasteiger partial charge < -0.3 is 29.8 Å². The summed E-state index contributed by atoms with van der Waals surface area (Å²) in [4.78, 5) is 33.8. The van der Waals surface area contributed by atoms with Crippen molar-refractivity contribution in [1.82, 2.24) is 9.88 Å². The predicted molar refractivity (Wildman–Crippen MR) is 148 cm³/mol. The molecule has 0 fully saturated rings. The van der Waals surface area contributed by atoms with E-state index in [0.29, 0.717) is 51.4 Å². The Morgan fingerprint density at radius 1 is 1.00 bits per heavy atom. The molecule has 0 bridgehead atoms. The fraction of sp³-hybridized carbons (Fsp3) is 0.207. The highest BCUT2D eigenvalue weighted by molar-refractivity contribution is 6.22. The van der Waals surface area contributed by atoms with E-state index in [9.17, 15) is 14.7 Å². The number of hydrogen-bond acceptors (Lipinski definition) is 8. The fourth-order valence-corrected chi connectivity index (χ4v) is 4.16. The van der Waals surface area contributed by atoms with Crippen LogP contribution in [0.1, 0.15) is 21.5 Å². The number of rotatable bonds is 10. The highest BCUT2D eigenvalue weighted by atomic mass is 16.5. The summed E-state index contributed by atoms with van der Waals surface area (Å²) in [6.45, 7) is 0.510. The number of aromatic hydroxyl groups is 1. The first-order valence-electron chi connectivity index (χ1n) is 12.0. The maximum absolute atomic E-state index is 12.1. The van der Waals surface area contributed by atoms with E-state index in [1.165, 1.54) is 7.11 Å². The van der Waals surface area contributed by atoms with E-state index in [1.54, 1.807) is 37.4 Å². The van der Waals surface area contributed by atoms with E-state index in [0.717, 1.165) is 5.56 Å². The third kappa shape index (κ3) is 5.84. The zero-order valence-corrected chi connectivity index (χ0v) is 21.7. The summed E-state index contributed by atoms with van der Waals surface area (Å²) in [6, 6.07) is 19.9. The monoisotopic (exact) mass is 514 g/mol. The van der Waals surface area contributed by atoms with Gasteiger partial charge in [0.15, 0.2) is 11.7 Å². The number of nitrogens with zero attached hydrogens (tertiary/aromatic N) is 2. The lowest BCUT2D eigenvalue weighted by molar-refractivity contribution is -0.118. The minimum atomic E-state index is -0.469. The van der Waals surface area contributed by atoms with Crippen LogP contribution in [-0.4, -0.2) is 73.9 Å². The molecule has 0 spiro atoms. The first-order valence-corrected chi connectivity index (χ1v) is 12.0. The quantitative estimate of drug-likeness (QED) is 0.212. The van der Waals surface area contributed by atoms with Crippen molar-refractivity contribution in [2.45, 2.75) is 0 Å². The second kappa shape index (κ2) is 11.6. The number of nitrogens with one attached hydrogen (secondary N) is 2. The average molecular weight is 515 g/mol. The molecule has 0 aliphatic heterocycles. The molecule has 3 aromatic carbocycles. The Morgan fingerprint density at radius 2 is 1.76 bits per heavy atom. The van der Waals surface area contributed by atoms with Crippen LogP contribution in [0, 0.1) is 0 Å². The number of aromatic nitrogens is 1. The molecule has 9 heteroatoms. The molecule has 0 amide bonds. The molecule has 0 aliphatic carbocycles. The van der Waals surface area contributed by atoms with Gasteiger partial charge in [-0.3, -0.25) is 4.79 Å². The number of ketones is 1. The van der Waals surface area contributed by atoms with Crippen LogP contribution in [-0.2, 0) is 9.53 Å². The molecule has 9 nitrogen and oxygen atoms in total. The lowest BCUT2D eigenvalue weighted by Crippen LogP contribution is -2.27. The number of benzene rings is 3. The number of esters is 1. The molecular formula is C29H30N4O5. The Kier molecular flexibility index (Phi) is 8.08. The van der Waals surface area contributed by atoms with Gasteiger partial charge in [-0.25, -0.2) is 9.79 Å². The molecule has 196 valence electrons. The summed E-state index contributed by atoms with van der Waals surface area (Å²) in [5.74, 6) is 0.0378. The second-order valence-electron chi connectivity index (χ2n) is 8.94. The highest BCUT2D eigenvalue weighted by Crippen LogP contribution is 2.34. The summed E-state index contributed by atoms with van der Waals surface area (Å²) in [6.07, 6.45) is 0. The van der Waals surface area contributed by atoms with Gasteiger partial charge in [-0.1, -0.05) is 36.4 Å². The Hall–Kier alpha value is -4.63. The number of methoxy groups -OCH3 is 2. The Bertz CT molecular complexity index is 1490. The van der Waals surface area contributed by atoms with Gasteiger partial charge in [0.05, 0.1) is 55.5 Å². The van der Waals surface area contributed by atoms with Crippen molar-refractivity contribution in [3.8, 4) is 11.6 Å². The number of anilines is 1. The number of ether oxygens (including phenoxy) is 2. The summed E-state index contributed by atoms with van der Waals surface area (Å²) in [5, 5.41) is 14.8. The molecule has 0 atom stereocenters. The first kappa shape index (κ1) is 26.4. The number of carbonyl (C=O) groups excluding carboxylic acids is 2. The van der Waals surface area contributed by atoms with Crippen LogP contribution in [0.4, 0.5) is 11.4 Å². The van der Waals surface area contributed by atoms with E-state index in [-0.39, 0.29) is 18.2 Å². The zero-order chi connectivity index (χ0) is 27.2. The molecule has 0 unspecified atom stereocenters. The molecule has 0 radical (unpaired) electrons. The van der Waals surface area contributed by atoms with Crippen molar-refractivity contribution in [3.05, 3.63) is 83.4 Å². The van der Waals surface area contributed by atoms with E-state index < -0.39 is 5.97 Å². The number of H-pyrrole nitrogens is 1. The number of hydrogen-bond donors (Lipinski definition) is 3. The van der Waals surface area contributed by atoms with Crippen molar-refractivity contribution in [2.75, 3.05) is 46.7 Å². The van der Waals surface area contributed by atoms with Crippen LogP contribution in [0.15, 0.2) is 71.7 Å². The summed E-state index contributed by atoms with van der Waals surface area (Å²) < 4.78 is 10.4. The largest absolute Gasteiger partial charge is 0.495 e. The maximum Gasteiger partial charge on any atom is 0.337 e. The van der Waals surface area contributed by atoms with Gasteiger partial charge in [-0.15, -0.1) is 0 Å². The third-order valence-electron chi connectivity index (χ3n) is 5.88. The SMILES string of the molecule is COC(=O)c1ccc2c(C(=Nc3ccc(NCC(=O)CN(C)C)c(OC)c3)c3ccccc3)c(O)[nH]c2c1. The zero-order valence-electron chi connectivity index (χ0n) is 21.7. The maximum atomic E-state index is 12.1. The Morgan fingerprint density at radius 3 is 2.45 bits per heavy atom. The van der Waals surface area contributed by atoms with Crippen molar-refractivity contribution in [2.24, 2.45) is 4.99 Å². The number of aliphatic imine (C=N–C) groups is 1. The van der Waals surface area contributed by atoms with Crippen molar-refractivity contribution in [3.63, 3.8) is 0 Å². The smallest absolute Gasteiger partial charge is 0.337 e. The molecule has 3 N–H and O–H groups in total. The molecule has 4 aromatic rings. The number of carbonyl (C=O) groups is 2. The molecule has 1 aromatic heterocycles. The number of fused-ring (bicyclic) bond motifs is 1. The second-order valence-corrected chi connectivity index (χ2v) is 8.94. The fourth-order valence-electron chi connectivity index (χ4n) is 4.16. The van der Waals surface area contributed by atoms with E-state index in [1.807, 2.05) is 55.4 Å². The van der Waals surface area contributed by atoms with Gasteiger partial charge in [0, 0.05) is 22.5 Å². The van der Waals surface area contributed by atoms with Crippen LogP contribution in [0.2, 0.25) is 0 Å². The Labute approximate surface area is 220 Å². The van der Waals surface area contributed by atoms with Gasteiger partial charge in [-0.2, -0.15) is 0 Å². The van der Waals surface area contributed by atoms with E-state index >= 15 is 0 Å². The molecule has 4 rings (SSSR count). The van der Waals surface area contributed by atoms with Crippen molar-refractivity contribution < 1.29 is 24.2 Å². The van der Waals surface area contributed by atoms with Gasteiger partial charge in [0.1, 0.15) is 5.75 Å². The van der Waals surface area contributed by atoms with Crippen LogP contribution in [0.5, 0.6) is 11.6 Å². The van der Waals surface area contributed by atoms with E-state index in [4.69, 9.17) is 14.5 Å². The number of aromatic amines is 1. The lowest BCUT2D eigenvalue weighted by Gasteiger charge is -2.13. The van der Waals surface area contributed by atoms with Crippen molar-refractivity contribution in [1.29, 1.82) is 0 Å². The lowest BCUT2D eigenvalue weighted by atomic mass is 10.00. The minimum Gasteiger partial charge on any atom is -0.495 e. The predicted octanol–water partition coefficient (Wildman–Crippen LogP) is 4.38. The molecule has 0 saturated heterocycles.